The second kappa shape index (κ2) is 6.06. The summed E-state index contributed by atoms with van der Waals surface area (Å²) in [7, 11) is 2.16. The molecule has 1 heterocycles. The molecule has 94 valence electrons. The summed E-state index contributed by atoms with van der Waals surface area (Å²) in [5.41, 5.74) is 5.72. The number of piperazine rings is 1. The zero-order valence-corrected chi connectivity index (χ0v) is 10.6. The van der Waals surface area contributed by atoms with Gasteiger partial charge in [-0.05, 0) is 19.9 Å². The SMILES string of the molecule is CCC1CN(C(CC)C(N)=NO)CCN1C. The van der Waals surface area contributed by atoms with Crippen LogP contribution in [0.1, 0.15) is 26.7 Å². The molecule has 1 rings (SSSR count). The van der Waals surface area contributed by atoms with Gasteiger partial charge >= 0.3 is 0 Å². The van der Waals surface area contributed by atoms with Gasteiger partial charge < -0.3 is 15.8 Å². The van der Waals surface area contributed by atoms with Gasteiger partial charge in [-0.2, -0.15) is 0 Å². The summed E-state index contributed by atoms with van der Waals surface area (Å²) in [5, 5.41) is 11.9. The lowest BCUT2D eigenvalue weighted by Gasteiger charge is -2.42. The molecule has 2 atom stereocenters. The molecule has 0 aliphatic carbocycles. The highest BCUT2D eigenvalue weighted by Crippen LogP contribution is 2.15. The van der Waals surface area contributed by atoms with Crippen LogP contribution in [0.25, 0.3) is 0 Å². The average molecular weight is 228 g/mol. The first kappa shape index (κ1) is 13.3. The molecule has 0 aromatic rings. The maximum absolute atomic E-state index is 8.77. The van der Waals surface area contributed by atoms with Gasteiger partial charge in [0, 0.05) is 25.7 Å². The van der Waals surface area contributed by atoms with Crippen molar-refractivity contribution in [1.29, 1.82) is 0 Å². The van der Waals surface area contributed by atoms with Crippen LogP contribution in [0.3, 0.4) is 0 Å². The van der Waals surface area contributed by atoms with Gasteiger partial charge in [-0.1, -0.05) is 19.0 Å². The third-order valence-electron chi connectivity index (χ3n) is 3.56. The molecule has 0 amide bonds. The fourth-order valence-electron chi connectivity index (χ4n) is 2.42. The smallest absolute Gasteiger partial charge is 0.156 e. The number of hydrogen-bond donors (Lipinski definition) is 2. The van der Waals surface area contributed by atoms with E-state index in [1.807, 2.05) is 0 Å². The van der Waals surface area contributed by atoms with Gasteiger partial charge in [-0.15, -0.1) is 0 Å². The molecule has 0 radical (unpaired) electrons. The minimum atomic E-state index is 0.0766. The summed E-state index contributed by atoms with van der Waals surface area (Å²) in [6.07, 6.45) is 2.02. The Labute approximate surface area is 97.9 Å². The van der Waals surface area contributed by atoms with Gasteiger partial charge in [0.15, 0.2) is 5.84 Å². The van der Waals surface area contributed by atoms with E-state index in [1.54, 1.807) is 0 Å². The second-order valence-electron chi connectivity index (χ2n) is 4.49. The maximum atomic E-state index is 8.77. The van der Waals surface area contributed by atoms with E-state index in [0.29, 0.717) is 11.9 Å². The van der Waals surface area contributed by atoms with E-state index >= 15 is 0 Å². The zero-order chi connectivity index (χ0) is 12.1. The molecule has 3 N–H and O–H groups in total. The Hall–Kier alpha value is -0.810. The summed E-state index contributed by atoms with van der Waals surface area (Å²) in [6, 6.07) is 0.655. The third-order valence-corrected chi connectivity index (χ3v) is 3.56. The van der Waals surface area contributed by atoms with Crippen LogP contribution in [-0.4, -0.2) is 59.6 Å². The molecule has 0 spiro atoms. The van der Waals surface area contributed by atoms with Crippen molar-refractivity contribution in [3.05, 3.63) is 0 Å². The predicted molar refractivity (Wildman–Crippen MR) is 65.8 cm³/mol. The van der Waals surface area contributed by atoms with E-state index in [1.165, 1.54) is 0 Å². The van der Waals surface area contributed by atoms with E-state index < -0.39 is 0 Å². The van der Waals surface area contributed by atoms with Crippen molar-refractivity contribution in [2.75, 3.05) is 26.7 Å². The first-order chi connectivity index (χ1) is 7.63. The Morgan fingerprint density at radius 1 is 1.50 bits per heavy atom. The summed E-state index contributed by atoms with van der Waals surface area (Å²) >= 11 is 0. The molecular weight excluding hydrogens is 204 g/mol. The molecule has 1 aliphatic heterocycles. The highest BCUT2D eigenvalue weighted by molar-refractivity contribution is 5.85. The topological polar surface area (TPSA) is 65.1 Å². The minimum absolute atomic E-state index is 0.0766. The van der Waals surface area contributed by atoms with Crippen molar-refractivity contribution in [3.8, 4) is 0 Å². The fourth-order valence-corrected chi connectivity index (χ4v) is 2.42. The van der Waals surface area contributed by atoms with E-state index in [0.717, 1.165) is 32.5 Å². The maximum Gasteiger partial charge on any atom is 0.156 e. The average Bonchev–Trinajstić information content (AvgIpc) is 2.31. The third kappa shape index (κ3) is 2.86. The van der Waals surface area contributed by atoms with Gasteiger partial charge in [0.25, 0.3) is 0 Å². The van der Waals surface area contributed by atoms with Crippen LogP contribution in [-0.2, 0) is 0 Å². The highest BCUT2D eigenvalue weighted by atomic mass is 16.4. The van der Waals surface area contributed by atoms with Crippen molar-refractivity contribution < 1.29 is 5.21 Å². The molecule has 0 aromatic carbocycles. The summed E-state index contributed by atoms with van der Waals surface area (Å²) < 4.78 is 0. The molecule has 16 heavy (non-hydrogen) atoms. The Balaban J connectivity index is 2.66. The van der Waals surface area contributed by atoms with Crippen LogP contribution < -0.4 is 5.73 Å². The van der Waals surface area contributed by atoms with Crippen molar-refractivity contribution in [3.63, 3.8) is 0 Å². The van der Waals surface area contributed by atoms with E-state index in [4.69, 9.17) is 10.9 Å². The second-order valence-corrected chi connectivity index (χ2v) is 4.49. The molecule has 1 fully saturated rings. The standard InChI is InChI=1S/C11H24N4O/c1-4-9-8-15(7-6-14(9)3)10(5-2)11(12)13-16/h9-10,16H,4-8H2,1-3H3,(H2,12,13). The van der Waals surface area contributed by atoms with Crippen molar-refractivity contribution in [2.45, 2.75) is 38.8 Å². The van der Waals surface area contributed by atoms with Crippen molar-refractivity contribution in [1.82, 2.24) is 9.80 Å². The number of hydrogen-bond acceptors (Lipinski definition) is 4. The van der Waals surface area contributed by atoms with Gasteiger partial charge in [0.2, 0.25) is 0 Å². The highest BCUT2D eigenvalue weighted by Gasteiger charge is 2.28. The summed E-state index contributed by atoms with van der Waals surface area (Å²) in [4.78, 5) is 4.71. The largest absolute Gasteiger partial charge is 0.409 e. The lowest BCUT2D eigenvalue weighted by molar-refractivity contribution is 0.0781. The Morgan fingerprint density at radius 3 is 2.69 bits per heavy atom. The van der Waals surface area contributed by atoms with Crippen LogP contribution in [0.2, 0.25) is 0 Å². The molecule has 0 aromatic heterocycles. The number of nitrogens with zero attached hydrogens (tertiary/aromatic N) is 3. The predicted octanol–water partition coefficient (Wildman–Crippen LogP) is 0.537. The minimum Gasteiger partial charge on any atom is -0.409 e. The first-order valence-electron chi connectivity index (χ1n) is 6.05. The summed E-state index contributed by atoms with van der Waals surface area (Å²) in [6.45, 7) is 7.31. The zero-order valence-electron chi connectivity index (χ0n) is 10.6. The lowest BCUT2D eigenvalue weighted by atomic mass is 10.1. The molecule has 0 bridgehead atoms. The quantitative estimate of drug-likeness (QED) is 0.319. The van der Waals surface area contributed by atoms with Gasteiger partial charge in [-0.3, -0.25) is 4.90 Å². The van der Waals surface area contributed by atoms with Crippen molar-refractivity contribution in [2.24, 2.45) is 10.9 Å². The Bertz CT molecular complexity index is 244. The van der Waals surface area contributed by atoms with Crippen LogP contribution in [0.5, 0.6) is 0 Å². The molecule has 2 unspecified atom stereocenters. The van der Waals surface area contributed by atoms with Gasteiger partial charge in [-0.25, -0.2) is 0 Å². The molecular formula is C11H24N4O. The number of rotatable bonds is 4. The van der Waals surface area contributed by atoms with Crippen LogP contribution in [0.15, 0.2) is 5.16 Å². The monoisotopic (exact) mass is 228 g/mol. The van der Waals surface area contributed by atoms with Crippen LogP contribution in [0, 0.1) is 0 Å². The molecule has 1 aliphatic rings. The van der Waals surface area contributed by atoms with Gasteiger partial charge in [0.1, 0.15) is 0 Å². The van der Waals surface area contributed by atoms with E-state index in [9.17, 15) is 0 Å². The van der Waals surface area contributed by atoms with E-state index in [-0.39, 0.29) is 6.04 Å². The molecule has 5 nitrogen and oxygen atoms in total. The van der Waals surface area contributed by atoms with E-state index in [2.05, 4.69) is 35.9 Å². The number of amidine groups is 1. The first-order valence-corrected chi connectivity index (χ1v) is 6.05. The molecule has 0 saturated carbocycles. The number of nitrogens with two attached hydrogens (primary N) is 1. The van der Waals surface area contributed by atoms with Crippen LogP contribution in [0.4, 0.5) is 0 Å². The fraction of sp³-hybridized carbons (Fsp3) is 0.909. The molecule has 5 heteroatoms. The van der Waals surface area contributed by atoms with Gasteiger partial charge in [0.05, 0.1) is 6.04 Å². The lowest BCUT2D eigenvalue weighted by Crippen LogP contribution is -2.57. The number of likely N-dealkylation sites (N-methyl/N-ethyl adjacent to an activating group) is 1. The number of oxime groups is 1. The normalized spacial score (nSPS) is 26.9. The Kier molecular flexibility index (Phi) is 5.02. The van der Waals surface area contributed by atoms with Crippen LogP contribution >= 0.6 is 0 Å². The summed E-state index contributed by atoms with van der Waals surface area (Å²) in [5.74, 6) is 0.335. The van der Waals surface area contributed by atoms with Crippen molar-refractivity contribution >= 4 is 5.84 Å². The molecule has 1 saturated heterocycles. The Morgan fingerprint density at radius 2 is 2.19 bits per heavy atom.